The predicted octanol–water partition coefficient (Wildman–Crippen LogP) is 6.54. The number of hydrogen-bond donors (Lipinski definition) is 1. The number of H-pyrrole nitrogens is 1. The van der Waals surface area contributed by atoms with Crippen LogP contribution >= 0.6 is 11.6 Å². The van der Waals surface area contributed by atoms with Gasteiger partial charge in [-0.15, -0.1) is 0 Å². The molecule has 6 aromatic heterocycles. The zero-order valence-corrected chi connectivity index (χ0v) is 26.3. The number of nitrogens with zero attached hydrogens (tertiary/aromatic N) is 5. The van der Waals surface area contributed by atoms with Gasteiger partial charge in [-0.2, -0.15) is 9.97 Å². The number of aromatic amines is 1. The Morgan fingerprint density at radius 3 is 1.84 bits per heavy atom. The van der Waals surface area contributed by atoms with Gasteiger partial charge >= 0.3 is 0 Å². The molecule has 1 N–H and O–H groups in total. The molecule has 6 heterocycles. The molecular formula is C32H33ClN6O5. The molecule has 0 spiro atoms. The van der Waals surface area contributed by atoms with Crippen molar-refractivity contribution in [1.29, 1.82) is 0 Å². The summed E-state index contributed by atoms with van der Waals surface area (Å²) in [6.07, 6.45) is 8.73. The van der Waals surface area contributed by atoms with Crippen LogP contribution in [0.15, 0.2) is 26.3 Å². The third-order valence-corrected chi connectivity index (χ3v) is 9.19. The number of halogens is 1. The van der Waals surface area contributed by atoms with Gasteiger partial charge in [0.1, 0.15) is 17.4 Å². The Hall–Kier alpha value is -4.25. The molecule has 2 aliphatic carbocycles. The van der Waals surface area contributed by atoms with Crippen molar-refractivity contribution in [2.75, 3.05) is 14.2 Å². The van der Waals surface area contributed by atoms with Gasteiger partial charge in [-0.05, 0) is 60.5 Å². The first-order valence-electron chi connectivity index (χ1n) is 14.6. The number of ether oxygens (including phenoxy) is 2. The fraction of sp³-hybridized carbons (Fsp3) is 0.438. The van der Waals surface area contributed by atoms with E-state index in [1.54, 1.807) is 14.2 Å². The summed E-state index contributed by atoms with van der Waals surface area (Å²) in [5.41, 5.74) is 7.75. The van der Waals surface area contributed by atoms with Crippen molar-refractivity contribution >= 4 is 56.0 Å². The number of methoxy groups -OCH3 is 2. The lowest BCUT2D eigenvalue weighted by Gasteiger charge is -2.31. The van der Waals surface area contributed by atoms with E-state index >= 15 is 0 Å². The van der Waals surface area contributed by atoms with Crippen LogP contribution in [0.3, 0.4) is 0 Å². The summed E-state index contributed by atoms with van der Waals surface area (Å²) in [7, 11) is 3.26. The molecule has 0 saturated heterocycles. The fourth-order valence-electron chi connectivity index (χ4n) is 6.66. The van der Waals surface area contributed by atoms with Gasteiger partial charge in [0.05, 0.1) is 31.3 Å². The first-order chi connectivity index (χ1) is 21.0. The van der Waals surface area contributed by atoms with Gasteiger partial charge in [0.2, 0.25) is 28.8 Å². The largest absolute Gasteiger partial charge is 0.481 e. The minimum absolute atomic E-state index is 0.192. The van der Waals surface area contributed by atoms with Gasteiger partial charge in [0, 0.05) is 11.1 Å². The van der Waals surface area contributed by atoms with Gasteiger partial charge < -0.3 is 23.3 Å². The highest BCUT2D eigenvalue weighted by atomic mass is 35.5. The number of aromatic nitrogens is 6. The number of nitrogens with one attached hydrogen (secondary N) is 1. The summed E-state index contributed by atoms with van der Waals surface area (Å²) in [5, 5.41) is 2.11. The molecule has 12 heteroatoms. The zero-order valence-electron chi connectivity index (χ0n) is 25.6. The molecule has 0 unspecified atom stereocenters. The first kappa shape index (κ1) is 28.5. The zero-order chi connectivity index (χ0) is 31.0. The van der Waals surface area contributed by atoms with E-state index in [1.165, 1.54) is 18.2 Å². The van der Waals surface area contributed by atoms with Crippen molar-refractivity contribution in [3.63, 3.8) is 0 Å². The van der Waals surface area contributed by atoms with E-state index < -0.39 is 0 Å². The molecule has 0 aromatic carbocycles. The summed E-state index contributed by atoms with van der Waals surface area (Å²) in [4.78, 5) is 36.1. The van der Waals surface area contributed by atoms with Crippen molar-refractivity contribution in [2.45, 2.75) is 66.2 Å². The van der Waals surface area contributed by atoms with Crippen LogP contribution in [0, 0.1) is 10.8 Å². The number of hydrogen-bond acceptors (Lipinski definition) is 10. The molecule has 228 valence electrons. The average molecular weight is 617 g/mol. The Bertz CT molecular complexity index is 2160. The lowest BCUT2D eigenvalue weighted by atomic mass is 9.74. The lowest BCUT2D eigenvalue weighted by Crippen LogP contribution is -2.23. The number of fused-ring (bicyclic) bond motifs is 10. The maximum atomic E-state index is 11.9. The van der Waals surface area contributed by atoms with E-state index in [2.05, 4.69) is 57.6 Å². The van der Waals surface area contributed by atoms with Gasteiger partial charge in [-0.25, -0.2) is 15.0 Å². The number of rotatable bonds is 2. The highest BCUT2D eigenvalue weighted by molar-refractivity contribution is 6.34. The fourth-order valence-corrected chi connectivity index (χ4v) is 6.84. The quantitative estimate of drug-likeness (QED) is 0.213. The van der Waals surface area contributed by atoms with Crippen molar-refractivity contribution in [3.8, 4) is 11.8 Å². The summed E-state index contributed by atoms with van der Waals surface area (Å²) < 4.78 is 22.4. The van der Waals surface area contributed by atoms with Crippen LogP contribution in [0.25, 0.3) is 44.4 Å². The highest BCUT2D eigenvalue weighted by Crippen LogP contribution is 2.45. The summed E-state index contributed by atoms with van der Waals surface area (Å²) in [5.74, 6) is 1.23. The van der Waals surface area contributed by atoms with E-state index in [4.69, 9.17) is 29.9 Å². The van der Waals surface area contributed by atoms with Crippen molar-refractivity contribution in [3.05, 3.63) is 50.4 Å². The van der Waals surface area contributed by atoms with Gasteiger partial charge in [0.15, 0.2) is 10.7 Å². The normalized spacial score (nSPS) is 16.9. The molecule has 11 nitrogen and oxygen atoms in total. The molecule has 8 rings (SSSR count). The average Bonchev–Trinajstić information content (AvgIpc) is 3.56. The van der Waals surface area contributed by atoms with Crippen LogP contribution in [-0.2, 0) is 25.7 Å². The third kappa shape index (κ3) is 4.56. The lowest BCUT2D eigenvalue weighted by molar-refractivity contribution is 0.307. The molecule has 6 aromatic rings. The van der Waals surface area contributed by atoms with Crippen LogP contribution in [0.5, 0.6) is 11.8 Å². The third-order valence-electron chi connectivity index (χ3n) is 8.93. The van der Waals surface area contributed by atoms with Crippen LogP contribution in [0.1, 0.15) is 62.8 Å². The van der Waals surface area contributed by atoms with Gasteiger partial charge in [-0.1, -0.05) is 39.3 Å². The molecule has 0 radical (unpaired) electrons. The van der Waals surface area contributed by atoms with Gasteiger partial charge in [-0.3, -0.25) is 4.79 Å². The van der Waals surface area contributed by atoms with E-state index in [9.17, 15) is 4.79 Å². The first-order valence-corrected chi connectivity index (χ1v) is 15.0. The van der Waals surface area contributed by atoms with Crippen LogP contribution in [0.2, 0.25) is 5.15 Å². The Labute approximate surface area is 257 Å². The second-order valence-electron chi connectivity index (χ2n) is 13.2. The second-order valence-corrected chi connectivity index (χ2v) is 13.5. The SMILES string of the molecule is COc1nc2oc3c(=O)[nH]cnc3c2c2c1CCC(C)(C)C2.COc1nc2oc3c(Cl)ncnc3c2c2c1CCC(C)(C)C2. The van der Waals surface area contributed by atoms with Gasteiger partial charge in [0.25, 0.3) is 5.56 Å². The smallest absolute Gasteiger partial charge is 0.294 e. The predicted molar refractivity (Wildman–Crippen MR) is 167 cm³/mol. The summed E-state index contributed by atoms with van der Waals surface area (Å²) >= 11 is 6.14. The molecule has 0 saturated carbocycles. The van der Waals surface area contributed by atoms with Crippen LogP contribution < -0.4 is 15.0 Å². The maximum absolute atomic E-state index is 11.9. The molecular weight excluding hydrogens is 584 g/mol. The van der Waals surface area contributed by atoms with Crippen molar-refractivity contribution in [1.82, 2.24) is 29.9 Å². The second kappa shape index (κ2) is 10.2. The molecule has 44 heavy (non-hydrogen) atoms. The molecule has 2 aliphatic rings. The highest BCUT2D eigenvalue weighted by Gasteiger charge is 2.33. The Morgan fingerprint density at radius 1 is 0.773 bits per heavy atom. The summed E-state index contributed by atoms with van der Waals surface area (Å²) in [6.45, 7) is 9.05. The maximum Gasteiger partial charge on any atom is 0.294 e. The molecule has 0 atom stereocenters. The van der Waals surface area contributed by atoms with Crippen molar-refractivity contribution in [2.24, 2.45) is 10.8 Å². The topological polar surface area (TPSA) is 142 Å². The van der Waals surface area contributed by atoms with E-state index in [0.717, 1.165) is 71.5 Å². The number of pyridine rings is 2. The molecule has 0 amide bonds. The van der Waals surface area contributed by atoms with Crippen LogP contribution in [-0.4, -0.2) is 44.1 Å². The molecule has 0 aliphatic heterocycles. The number of furan rings is 2. The van der Waals surface area contributed by atoms with Crippen molar-refractivity contribution < 1.29 is 18.3 Å². The molecule has 0 bridgehead atoms. The Morgan fingerprint density at radius 2 is 1.30 bits per heavy atom. The minimum atomic E-state index is -0.286. The van der Waals surface area contributed by atoms with Crippen LogP contribution in [0.4, 0.5) is 0 Å². The Kier molecular flexibility index (Phi) is 6.58. The summed E-state index contributed by atoms with van der Waals surface area (Å²) in [6, 6.07) is 0. The van der Waals surface area contributed by atoms with E-state index in [-0.39, 0.29) is 22.0 Å². The van der Waals surface area contributed by atoms with E-state index in [0.29, 0.717) is 39.4 Å². The monoisotopic (exact) mass is 616 g/mol. The Balaban J connectivity index is 0.000000142. The standard InChI is InChI=1S/C16H16ClN3O2.C16H17N3O3/c1-16(2)5-4-8-9(6-16)10-11-12(13(17)19-7-18-11)22-15(10)20-14(8)21-3;1-16(2)5-4-8-9(6-16)10-11-12(13(20)18-7-17-11)22-15(10)19-14(8)21-3/h7H,4-6H2,1-3H3;7H,4-6H2,1-3H3,(H,17,18,20). The molecule has 0 fully saturated rings. The minimum Gasteiger partial charge on any atom is -0.481 e. The van der Waals surface area contributed by atoms with E-state index in [1.807, 2.05) is 0 Å².